The first kappa shape index (κ1) is 24.7. The van der Waals surface area contributed by atoms with Gasteiger partial charge in [0.25, 0.3) is 0 Å². The van der Waals surface area contributed by atoms with Crippen molar-refractivity contribution in [1.82, 2.24) is 9.97 Å². The molecule has 0 amide bonds. The molecule has 0 saturated heterocycles. The number of nitrogens with zero attached hydrogens (tertiary/aromatic N) is 5. The highest BCUT2D eigenvalue weighted by molar-refractivity contribution is 7.93. The molecule has 0 aromatic carbocycles. The van der Waals surface area contributed by atoms with Crippen LogP contribution in [0.15, 0.2) is 45.4 Å². The third-order valence-corrected chi connectivity index (χ3v) is 9.04. The number of nitriles is 1. The molecule has 2 rings (SSSR count). The number of hydrogen-bond donors (Lipinski definition) is 0. The lowest BCUT2D eigenvalue weighted by Gasteiger charge is -2.13. The molecule has 0 aliphatic rings. The van der Waals surface area contributed by atoms with Gasteiger partial charge in [-0.1, -0.05) is 12.1 Å². The van der Waals surface area contributed by atoms with Gasteiger partial charge < -0.3 is 0 Å². The lowest BCUT2D eigenvalue weighted by molar-refractivity contribution is 0.671. The van der Waals surface area contributed by atoms with E-state index in [9.17, 15) is 8.42 Å². The standard InChI is InChI=1S/C10H13N3OS.C10H16N2OS/c1-8-4-5-10(6-12-8)9(2)15(3,14)13-7-11;1-8-5-6-10(7-12-8)9(2)14(4,13)11-3/h4-6,9H,1-3H3;5-7,9H,1-4H3/t9-,15?;9-,14?/m10/s1. The predicted octanol–water partition coefficient (Wildman–Crippen LogP) is 4.21. The van der Waals surface area contributed by atoms with Crippen LogP contribution < -0.4 is 0 Å². The van der Waals surface area contributed by atoms with Gasteiger partial charge in [0.2, 0.25) is 6.19 Å². The van der Waals surface area contributed by atoms with Gasteiger partial charge in [-0.15, -0.1) is 4.36 Å². The van der Waals surface area contributed by atoms with Gasteiger partial charge in [0.05, 0.1) is 30.0 Å². The van der Waals surface area contributed by atoms with Crippen LogP contribution in [-0.2, 0) is 19.5 Å². The molecule has 2 aromatic heterocycles. The molecule has 2 unspecified atom stereocenters. The Bertz CT molecular complexity index is 1090. The van der Waals surface area contributed by atoms with Crippen LogP contribution in [0, 0.1) is 25.3 Å². The Morgan fingerprint density at radius 2 is 1.31 bits per heavy atom. The lowest BCUT2D eigenvalue weighted by atomic mass is 10.2. The number of pyridine rings is 2. The summed E-state index contributed by atoms with van der Waals surface area (Å²) in [6.07, 6.45) is 8.21. The summed E-state index contributed by atoms with van der Waals surface area (Å²) in [7, 11) is -3.03. The van der Waals surface area contributed by atoms with Crippen LogP contribution in [0.4, 0.5) is 0 Å². The molecule has 0 bridgehead atoms. The minimum atomic E-state index is -2.50. The molecule has 7 nitrogen and oxygen atoms in total. The Hall–Kier alpha value is -2.31. The fraction of sp³-hybridized carbons (Fsp3) is 0.450. The molecule has 2 heterocycles. The van der Waals surface area contributed by atoms with E-state index in [1.807, 2.05) is 45.0 Å². The predicted molar refractivity (Wildman–Crippen MR) is 119 cm³/mol. The highest BCUT2D eigenvalue weighted by Gasteiger charge is 2.16. The summed E-state index contributed by atoms with van der Waals surface area (Å²) in [4.78, 5) is 8.30. The molecule has 158 valence electrons. The quantitative estimate of drug-likeness (QED) is 0.668. The van der Waals surface area contributed by atoms with Gasteiger partial charge in [0.15, 0.2) is 0 Å². The molecular weight excluding hydrogens is 406 g/mol. The Labute approximate surface area is 175 Å². The topological polar surface area (TPSA) is 108 Å². The summed E-state index contributed by atoms with van der Waals surface area (Å²) in [6.45, 7) is 7.52. The molecule has 0 N–H and O–H groups in total. The SMILES string of the molecule is CN=S(C)(=O)[C@@H](C)c1ccc(C)nc1.Cc1ccc([C@@H](C)S(C)(=O)=NC#N)cn1. The van der Waals surface area contributed by atoms with Gasteiger partial charge in [-0.05, 0) is 51.0 Å². The van der Waals surface area contributed by atoms with Crippen LogP contribution in [0.2, 0.25) is 0 Å². The zero-order chi connectivity index (χ0) is 22.2. The fourth-order valence-electron chi connectivity index (χ4n) is 2.26. The second kappa shape index (κ2) is 10.5. The normalized spacial score (nSPS) is 16.6. The Morgan fingerprint density at radius 1 is 0.897 bits per heavy atom. The van der Waals surface area contributed by atoms with Crippen LogP contribution in [0.5, 0.6) is 0 Å². The van der Waals surface area contributed by atoms with Gasteiger partial charge in [-0.2, -0.15) is 5.26 Å². The largest absolute Gasteiger partial charge is 0.261 e. The van der Waals surface area contributed by atoms with E-state index in [0.29, 0.717) is 0 Å². The van der Waals surface area contributed by atoms with E-state index in [1.165, 1.54) is 6.26 Å². The van der Waals surface area contributed by atoms with Crippen LogP contribution in [0.3, 0.4) is 0 Å². The second-order valence-electron chi connectivity index (χ2n) is 6.85. The maximum Gasteiger partial charge on any atom is 0.214 e. The van der Waals surface area contributed by atoms with Crippen molar-refractivity contribution in [2.24, 2.45) is 8.73 Å². The van der Waals surface area contributed by atoms with Crippen molar-refractivity contribution >= 4 is 19.5 Å². The summed E-state index contributed by atoms with van der Waals surface area (Å²) in [5.41, 5.74) is 3.70. The van der Waals surface area contributed by atoms with Crippen LogP contribution in [0.25, 0.3) is 0 Å². The number of hydrogen-bond acceptors (Lipinski definition) is 7. The van der Waals surface area contributed by atoms with Crippen molar-refractivity contribution in [3.05, 3.63) is 59.2 Å². The molecule has 2 aromatic rings. The molecule has 29 heavy (non-hydrogen) atoms. The first-order valence-corrected chi connectivity index (χ1v) is 12.9. The summed E-state index contributed by atoms with van der Waals surface area (Å²) in [5, 5.41) is 8.07. The third kappa shape index (κ3) is 7.22. The van der Waals surface area contributed by atoms with Crippen LogP contribution in [0.1, 0.15) is 46.9 Å². The number of rotatable bonds is 4. The van der Waals surface area contributed by atoms with Crippen LogP contribution in [-0.4, -0.2) is 37.9 Å². The van der Waals surface area contributed by atoms with E-state index in [1.54, 1.807) is 38.8 Å². The Balaban J connectivity index is 0.000000291. The highest BCUT2D eigenvalue weighted by Crippen LogP contribution is 2.22. The van der Waals surface area contributed by atoms with Gasteiger partial charge in [-0.3, -0.25) is 9.97 Å². The first-order chi connectivity index (χ1) is 13.4. The van der Waals surface area contributed by atoms with E-state index in [-0.39, 0.29) is 10.5 Å². The molecule has 9 heteroatoms. The monoisotopic (exact) mass is 435 g/mol. The molecule has 4 atom stereocenters. The highest BCUT2D eigenvalue weighted by atomic mass is 32.2. The lowest BCUT2D eigenvalue weighted by Crippen LogP contribution is -2.07. The van der Waals surface area contributed by atoms with E-state index in [2.05, 4.69) is 18.7 Å². The van der Waals surface area contributed by atoms with Crippen molar-refractivity contribution < 1.29 is 8.42 Å². The van der Waals surface area contributed by atoms with Crippen molar-refractivity contribution in [3.63, 3.8) is 0 Å². The Morgan fingerprint density at radius 3 is 1.62 bits per heavy atom. The molecular formula is C20H29N5O2S2. The van der Waals surface area contributed by atoms with Crippen molar-refractivity contribution in [2.75, 3.05) is 19.6 Å². The van der Waals surface area contributed by atoms with E-state index in [4.69, 9.17) is 5.26 Å². The second-order valence-corrected chi connectivity index (χ2v) is 12.3. The molecule has 0 aliphatic heterocycles. The van der Waals surface area contributed by atoms with Gasteiger partial charge in [-0.25, -0.2) is 12.8 Å². The third-order valence-electron chi connectivity index (χ3n) is 4.70. The summed E-state index contributed by atoms with van der Waals surface area (Å²) in [6, 6.07) is 7.61. The minimum absolute atomic E-state index is 0.0689. The van der Waals surface area contributed by atoms with Gasteiger partial charge in [0, 0.05) is 43.3 Å². The zero-order valence-corrected chi connectivity index (χ0v) is 19.6. The number of aromatic nitrogens is 2. The number of aryl methyl sites for hydroxylation is 2. The molecule has 0 radical (unpaired) electrons. The van der Waals surface area contributed by atoms with Crippen molar-refractivity contribution in [3.8, 4) is 6.19 Å². The van der Waals surface area contributed by atoms with Crippen molar-refractivity contribution in [2.45, 2.75) is 38.2 Å². The fourth-order valence-corrected chi connectivity index (χ4v) is 4.19. The van der Waals surface area contributed by atoms with Gasteiger partial charge >= 0.3 is 0 Å². The summed E-state index contributed by atoms with van der Waals surface area (Å²) in [5.74, 6) is 0. The smallest absolute Gasteiger partial charge is 0.214 e. The molecule has 0 fully saturated rings. The minimum Gasteiger partial charge on any atom is -0.261 e. The zero-order valence-electron chi connectivity index (χ0n) is 18.0. The van der Waals surface area contributed by atoms with Crippen molar-refractivity contribution in [1.29, 1.82) is 5.26 Å². The van der Waals surface area contributed by atoms with E-state index < -0.39 is 19.5 Å². The van der Waals surface area contributed by atoms with E-state index >= 15 is 0 Å². The Kier molecular flexibility index (Phi) is 8.92. The summed E-state index contributed by atoms with van der Waals surface area (Å²) >= 11 is 0. The van der Waals surface area contributed by atoms with Crippen LogP contribution >= 0.6 is 0 Å². The maximum atomic E-state index is 12.0. The maximum absolute atomic E-state index is 12.0. The average molecular weight is 436 g/mol. The summed E-state index contributed by atoms with van der Waals surface area (Å²) < 4.78 is 31.3. The molecule has 0 spiro atoms. The first-order valence-electron chi connectivity index (χ1n) is 8.98. The van der Waals surface area contributed by atoms with Gasteiger partial charge in [0.1, 0.15) is 0 Å². The molecule has 0 aliphatic carbocycles. The molecule has 0 saturated carbocycles. The van der Waals surface area contributed by atoms with E-state index in [0.717, 1.165) is 22.5 Å². The average Bonchev–Trinajstić information content (AvgIpc) is 2.68.